The molecule has 6 heteroatoms. The van der Waals surface area contributed by atoms with Crippen LogP contribution in [0.5, 0.6) is 11.5 Å². The van der Waals surface area contributed by atoms with Crippen molar-refractivity contribution >= 4 is 15.9 Å². The molecule has 0 saturated heterocycles. The standard InChI is InChI=1S/C15H14BrF2NO2/c1-20-8-3-4-14(21-2)10(5-8)15(19)9-6-13(18)11(16)7-12(9)17/h3-7,15H,19H2,1-2H3. The molecule has 1 unspecified atom stereocenters. The molecule has 2 N–H and O–H groups in total. The van der Waals surface area contributed by atoms with E-state index in [0.717, 1.165) is 12.1 Å². The molecule has 0 saturated carbocycles. The van der Waals surface area contributed by atoms with Gasteiger partial charge in [0.2, 0.25) is 0 Å². The Bertz CT molecular complexity index is 664. The van der Waals surface area contributed by atoms with Gasteiger partial charge < -0.3 is 15.2 Å². The minimum absolute atomic E-state index is 0.0438. The number of benzene rings is 2. The maximum Gasteiger partial charge on any atom is 0.137 e. The van der Waals surface area contributed by atoms with Crippen LogP contribution < -0.4 is 15.2 Å². The van der Waals surface area contributed by atoms with E-state index in [-0.39, 0.29) is 10.0 Å². The Kier molecular flexibility index (Phi) is 4.80. The summed E-state index contributed by atoms with van der Waals surface area (Å²) in [6, 6.07) is 6.26. The van der Waals surface area contributed by atoms with Crippen LogP contribution in [0.25, 0.3) is 0 Å². The summed E-state index contributed by atoms with van der Waals surface area (Å²) in [6.45, 7) is 0. The maximum atomic E-state index is 14.0. The van der Waals surface area contributed by atoms with Gasteiger partial charge in [0.1, 0.15) is 23.1 Å². The largest absolute Gasteiger partial charge is 0.497 e. The molecule has 0 aliphatic rings. The summed E-state index contributed by atoms with van der Waals surface area (Å²) in [5.74, 6) is -0.144. The molecule has 21 heavy (non-hydrogen) atoms. The first-order valence-corrected chi connectivity index (χ1v) is 6.89. The highest BCUT2D eigenvalue weighted by Crippen LogP contribution is 2.34. The lowest BCUT2D eigenvalue weighted by Crippen LogP contribution is -2.15. The van der Waals surface area contributed by atoms with Crippen molar-refractivity contribution in [3.63, 3.8) is 0 Å². The fourth-order valence-electron chi connectivity index (χ4n) is 2.03. The van der Waals surface area contributed by atoms with Crippen LogP contribution in [0.1, 0.15) is 17.2 Å². The molecule has 0 bridgehead atoms. The lowest BCUT2D eigenvalue weighted by Gasteiger charge is -2.18. The van der Waals surface area contributed by atoms with E-state index in [2.05, 4.69) is 15.9 Å². The van der Waals surface area contributed by atoms with Crippen LogP contribution in [-0.2, 0) is 0 Å². The normalized spacial score (nSPS) is 12.1. The average Bonchev–Trinajstić information content (AvgIpc) is 2.49. The first-order valence-electron chi connectivity index (χ1n) is 6.10. The number of halogens is 3. The summed E-state index contributed by atoms with van der Waals surface area (Å²) in [4.78, 5) is 0. The Morgan fingerprint density at radius 2 is 1.71 bits per heavy atom. The van der Waals surface area contributed by atoms with Crippen molar-refractivity contribution in [3.8, 4) is 11.5 Å². The van der Waals surface area contributed by atoms with Crippen molar-refractivity contribution in [1.29, 1.82) is 0 Å². The Labute approximate surface area is 129 Å². The highest BCUT2D eigenvalue weighted by Gasteiger charge is 2.20. The van der Waals surface area contributed by atoms with Gasteiger partial charge >= 0.3 is 0 Å². The zero-order valence-electron chi connectivity index (χ0n) is 11.5. The Hall–Kier alpha value is -1.66. The van der Waals surface area contributed by atoms with Crippen LogP contribution in [0.2, 0.25) is 0 Å². The van der Waals surface area contributed by atoms with Crippen molar-refractivity contribution in [2.24, 2.45) is 5.73 Å². The van der Waals surface area contributed by atoms with E-state index >= 15 is 0 Å². The number of ether oxygens (including phenoxy) is 2. The Morgan fingerprint density at radius 3 is 2.33 bits per heavy atom. The predicted octanol–water partition coefficient (Wildman–Crippen LogP) is 3.79. The molecule has 0 aliphatic heterocycles. The summed E-state index contributed by atoms with van der Waals surface area (Å²) in [6.07, 6.45) is 0. The summed E-state index contributed by atoms with van der Waals surface area (Å²) < 4.78 is 38.1. The molecule has 1 atom stereocenters. The van der Waals surface area contributed by atoms with Gasteiger partial charge in [-0.15, -0.1) is 0 Å². The summed E-state index contributed by atoms with van der Waals surface area (Å²) in [5.41, 5.74) is 6.63. The number of nitrogens with two attached hydrogens (primary N) is 1. The molecule has 2 aromatic carbocycles. The van der Waals surface area contributed by atoms with E-state index in [4.69, 9.17) is 15.2 Å². The lowest BCUT2D eigenvalue weighted by atomic mass is 9.98. The van der Waals surface area contributed by atoms with Crippen LogP contribution in [0.15, 0.2) is 34.8 Å². The fourth-order valence-corrected chi connectivity index (χ4v) is 2.34. The molecule has 0 amide bonds. The zero-order valence-corrected chi connectivity index (χ0v) is 13.1. The molecule has 0 fully saturated rings. The molecular weight excluding hydrogens is 344 g/mol. The van der Waals surface area contributed by atoms with Crippen LogP contribution >= 0.6 is 15.9 Å². The molecule has 2 aromatic rings. The molecular formula is C15H14BrF2NO2. The second kappa shape index (κ2) is 6.41. The summed E-state index contributed by atoms with van der Waals surface area (Å²) in [7, 11) is 2.99. The van der Waals surface area contributed by atoms with Gasteiger partial charge in [0.05, 0.1) is 24.7 Å². The molecule has 0 aromatic heterocycles. The molecule has 0 aliphatic carbocycles. The van der Waals surface area contributed by atoms with Gasteiger partial charge in [0.25, 0.3) is 0 Å². The first kappa shape index (κ1) is 15.7. The molecule has 3 nitrogen and oxygen atoms in total. The van der Waals surface area contributed by atoms with Gasteiger partial charge in [-0.3, -0.25) is 0 Å². The van der Waals surface area contributed by atoms with E-state index in [1.54, 1.807) is 18.2 Å². The lowest BCUT2D eigenvalue weighted by molar-refractivity contribution is 0.396. The number of hydrogen-bond donors (Lipinski definition) is 1. The third kappa shape index (κ3) is 3.16. The Balaban J connectivity index is 2.53. The van der Waals surface area contributed by atoms with Crippen molar-refractivity contribution < 1.29 is 18.3 Å². The molecule has 112 valence electrons. The van der Waals surface area contributed by atoms with Crippen LogP contribution in [0, 0.1) is 11.6 Å². The van der Waals surface area contributed by atoms with Crippen molar-refractivity contribution in [1.82, 2.24) is 0 Å². The van der Waals surface area contributed by atoms with Gasteiger partial charge in [-0.2, -0.15) is 0 Å². The summed E-state index contributed by atoms with van der Waals surface area (Å²) in [5, 5.41) is 0. The molecule has 0 heterocycles. The minimum atomic E-state index is -0.877. The van der Waals surface area contributed by atoms with E-state index in [1.807, 2.05) is 0 Å². The monoisotopic (exact) mass is 357 g/mol. The van der Waals surface area contributed by atoms with E-state index < -0.39 is 17.7 Å². The fraction of sp³-hybridized carbons (Fsp3) is 0.200. The highest BCUT2D eigenvalue weighted by atomic mass is 79.9. The second-order valence-corrected chi connectivity index (χ2v) is 5.23. The van der Waals surface area contributed by atoms with Crippen LogP contribution in [0.3, 0.4) is 0 Å². The van der Waals surface area contributed by atoms with Gasteiger partial charge in [-0.1, -0.05) is 0 Å². The van der Waals surface area contributed by atoms with Crippen molar-refractivity contribution in [2.45, 2.75) is 6.04 Å². The van der Waals surface area contributed by atoms with E-state index in [9.17, 15) is 8.78 Å². The van der Waals surface area contributed by atoms with Crippen LogP contribution in [-0.4, -0.2) is 14.2 Å². The molecule has 0 spiro atoms. The van der Waals surface area contributed by atoms with Gasteiger partial charge in [0.15, 0.2) is 0 Å². The van der Waals surface area contributed by atoms with Crippen molar-refractivity contribution in [2.75, 3.05) is 14.2 Å². The number of hydrogen-bond acceptors (Lipinski definition) is 3. The topological polar surface area (TPSA) is 44.5 Å². The first-order chi connectivity index (χ1) is 9.97. The van der Waals surface area contributed by atoms with Crippen LogP contribution in [0.4, 0.5) is 8.78 Å². The highest BCUT2D eigenvalue weighted by molar-refractivity contribution is 9.10. The van der Waals surface area contributed by atoms with E-state index in [0.29, 0.717) is 17.1 Å². The number of methoxy groups -OCH3 is 2. The maximum absolute atomic E-state index is 14.0. The van der Waals surface area contributed by atoms with Gasteiger partial charge in [-0.05, 0) is 46.3 Å². The molecule has 2 rings (SSSR count). The van der Waals surface area contributed by atoms with Crippen molar-refractivity contribution in [3.05, 3.63) is 57.6 Å². The quantitative estimate of drug-likeness (QED) is 0.846. The SMILES string of the molecule is COc1ccc(OC)c(C(N)c2cc(F)c(Br)cc2F)c1. The minimum Gasteiger partial charge on any atom is -0.497 e. The second-order valence-electron chi connectivity index (χ2n) is 4.37. The predicted molar refractivity (Wildman–Crippen MR) is 79.6 cm³/mol. The average molecular weight is 358 g/mol. The third-order valence-corrected chi connectivity index (χ3v) is 3.75. The van der Waals surface area contributed by atoms with Gasteiger partial charge in [-0.25, -0.2) is 8.78 Å². The summed E-state index contributed by atoms with van der Waals surface area (Å²) >= 11 is 2.94. The Morgan fingerprint density at radius 1 is 1.00 bits per heavy atom. The zero-order chi connectivity index (χ0) is 15.6. The number of rotatable bonds is 4. The molecule has 0 radical (unpaired) electrons. The van der Waals surface area contributed by atoms with E-state index in [1.165, 1.54) is 14.2 Å². The van der Waals surface area contributed by atoms with Gasteiger partial charge in [0, 0.05) is 11.1 Å². The smallest absolute Gasteiger partial charge is 0.137 e. The third-order valence-electron chi connectivity index (χ3n) is 3.15.